The van der Waals surface area contributed by atoms with E-state index in [0.717, 1.165) is 0 Å². The molecule has 0 aliphatic heterocycles. The van der Waals surface area contributed by atoms with Crippen LogP contribution in [0.1, 0.15) is 20.7 Å². The Morgan fingerprint density at radius 2 is 1.81 bits per heavy atom. The number of anilines is 1. The average Bonchev–Trinajstić information content (AvgIpc) is 2.40. The predicted molar refractivity (Wildman–Crippen MR) is 82.2 cm³/mol. The first-order valence-corrected chi connectivity index (χ1v) is 6.88. The average molecular weight is 371 g/mol. The van der Waals surface area contributed by atoms with Crippen LogP contribution in [-0.4, -0.2) is 22.1 Å². The van der Waals surface area contributed by atoms with Gasteiger partial charge in [-0.2, -0.15) is 0 Å². The van der Waals surface area contributed by atoms with Gasteiger partial charge in [0.15, 0.2) is 0 Å². The second kappa shape index (κ2) is 6.15. The summed E-state index contributed by atoms with van der Waals surface area (Å²) in [6, 6.07) is 8.48. The van der Waals surface area contributed by atoms with Gasteiger partial charge in [-0.1, -0.05) is 11.6 Å². The number of carboxylic acid groups (broad SMARTS) is 1. The molecule has 0 bridgehead atoms. The molecule has 21 heavy (non-hydrogen) atoms. The van der Waals surface area contributed by atoms with E-state index < -0.39 is 11.9 Å². The summed E-state index contributed by atoms with van der Waals surface area (Å²) in [5, 5.41) is 21.5. The summed E-state index contributed by atoms with van der Waals surface area (Å²) in [7, 11) is 0. The maximum Gasteiger partial charge on any atom is 0.336 e. The SMILES string of the molecule is O=C(Nc1ccc(Br)c(C(=O)O)c1)c1ccc(Cl)cc1O. The van der Waals surface area contributed by atoms with Gasteiger partial charge in [-0.25, -0.2) is 4.79 Å². The van der Waals surface area contributed by atoms with Crippen LogP contribution >= 0.6 is 27.5 Å². The lowest BCUT2D eigenvalue weighted by Crippen LogP contribution is -2.12. The van der Waals surface area contributed by atoms with E-state index in [0.29, 0.717) is 15.2 Å². The molecule has 0 heterocycles. The van der Waals surface area contributed by atoms with Crippen molar-refractivity contribution in [2.45, 2.75) is 0 Å². The highest BCUT2D eigenvalue weighted by Gasteiger charge is 2.14. The third kappa shape index (κ3) is 3.53. The van der Waals surface area contributed by atoms with Crippen molar-refractivity contribution in [1.29, 1.82) is 0 Å². The second-order valence-corrected chi connectivity index (χ2v) is 5.41. The number of halogens is 2. The first-order valence-electron chi connectivity index (χ1n) is 5.71. The maximum atomic E-state index is 12.0. The number of hydrogen-bond acceptors (Lipinski definition) is 3. The molecule has 0 atom stereocenters. The fraction of sp³-hybridized carbons (Fsp3) is 0. The largest absolute Gasteiger partial charge is 0.507 e. The molecular weight excluding hydrogens is 362 g/mol. The van der Waals surface area contributed by atoms with Crippen LogP contribution in [-0.2, 0) is 0 Å². The van der Waals surface area contributed by atoms with E-state index >= 15 is 0 Å². The Hall–Kier alpha value is -2.05. The molecule has 0 saturated heterocycles. The minimum Gasteiger partial charge on any atom is -0.507 e. The van der Waals surface area contributed by atoms with Crippen molar-refractivity contribution in [1.82, 2.24) is 0 Å². The minimum absolute atomic E-state index is 0.0214. The van der Waals surface area contributed by atoms with Gasteiger partial charge >= 0.3 is 5.97 Å². The van der Waals surface area contributed by atoms with Gasteiger partial charge in [0.2, 0.25) is 0 Å². The highest BCUT2D eigenvalue weighted by atomic mass is 79.9. The number of carbonyl (C=O) groups excluding carboxylic acids is 1. The van der Waals surface area contributed by atoms with Crippen molar-refractivity contribution in [3.63, 3.8) is 0 Å². The van der Waals surface area contributed by atoms with Gasteiger partial charge in [-0.3, -0.25) is 4.79 Å². The third-order valence-electron chi connectivity index (χ3n) is 2.66. The second-order valence-electron chi connectivity index (χ2n) is 4.12. The van der Waals surface area contributed by atoms with Gasteiger partial charge in [0, 0.05) is 15.2 Å². The molecule has 0 radical (unpaired) electrons. The van der Waals surface area contributed by atoms with Crippen molar-refractivity contribution < 1.29 is 19.8 Å². The zero-order valence-electron chi connectivity index (χ0n) is 10.4. The molecule has 0 spiro atoms. The van der Waals surface area contributed by atoms with Gasteiger partial charge in [0.1, 0.15) is 5.75 Å². The minimum atomic E-state index is -1.12. The molecule has 0 aliphatic rings. The standard InChI is InChI=1S/C14H9BrClNO4/c15-11-4-2-8(6-10(11)14(20)21)17-13(19)9-3-1-7(16)5-12(9)18/h1-6,18H,(H,17,19)(H,20,21). The number of carbonyl (C=O) groups is 2. The summed E-state index contributed by atoms with van der Waals surface area (Å²) in [5.41, 5.74) is 0.363. The first-order chi connectivity index (χ1) is 9.88. The highest BCUT2D eigenvalue weighted by Crippen LogP contribution is 2.25. The van der Waals surface area contributed by atoms with E-state index in [1.54, 1.807) is 6.07 Å². The number of hydrogen-bond donors (Lipinski definition) is 3. The Morgan fingerprint density at radius 1 is 1.10 bits per heavy atom. The van der Waals surface area contributed by atoms with Gasteiger partial charge in [-0.15, -0.1) is 0 Å². The van der Waals surface area contributed by atoms with E-state index in [1.165, 1.54) is 30.3 Å². The fourth-order valence-corrected chi connectivity index (χ4v) is 2.24. The molecule has 0 saturated carbocycles. The molecular formula is C14H9BrClNO4. The number of rotatable bonds is 3. The monoisotopic (exact) mass is 369 g/mol. The van der Waals surface area contributed by atoms with Crippen LogP contribution in [0.25, 0.3) is 0 Å². The number of phenolic OH excluding ortho intramolecular Hbond substituents is 1. The van der Waals surface area contributed by atoms with Crippen molar-refractivity contribution in [2.75, 3.05) is 5.32 Å². The summed E-state index contributed by atoms with van der Waals surface area (Å²) in [6.07, 6.45) is 0. The Morgan fingerprint density at radius 3 is 2.43 bits per heavy atom. The lowest BCUT2D eigenvalue weighted by molar-refractivity contribution is 0.0695. The number of aromatic carboxylic acids is 1. The Kier molecular flexibility index (Phi) is 4.50. The number of amides is 1. The summed E-state index contributed by atoms with van der Waals surface area (Å²) < 4.78 is 0.405. The van der Waals surface area contributed by atoms with Crippen molar-refractivity contribution >= 4 is 45.1 Å². The van der Waals surface area contributed by atoms with Gasteiger partial charge in [0.25, 0.3) is 5.91 Å². The van der Waals surface area contributed by atoms with Gasteiger partial charge in [0.05, 0.1) is 11.1 Å². The molecule has 108 valence electrons. The zero-order valence-corrected chi connectivity index (χ0v) is 12.8. The van der Waals surface area contributed by atoms with E-state index in [9.17, 15) is 14.7 Å². The molecule has 2 rings (SSSR count). The number of carboxylic acids is 1. The van der Waals surface area contributed by atoms with Crippen LogP contribution in [0.15, 0.2) is 40.9 Å². The molecule has 5 nitrogen and oxygen atoms in total. The summed E-state index contributed by atoms with van der Waals surface area (Å²) >= 11 is 8.81. The smallest absolute Gasteiger partial charge is 0.336 e. The van der Waals surface area contributed by atoms with E-state index in [2.05, 4.69) is 21.2 Å². The van der Waals surface area contributed by atoms with Crippen LogP contribution in [0, 0.1) is 0 Å². The topological polar surface area (TPSA) is 86.6 Å². The lowest BCUT2D eigenvalue weighted by Gasteiger charge is -2.08. The Bertz CT molecular complexity index is 733. The van der Waals surface area contributed by atoms with Gasteiger partial charge < -0.3 is 15.5 Å². The number of benzene rings is 2. The van der Waals surface area contributed by atoms with Crippen LogP contribution in [0.3, 0.4) is 0 Å². The highest BCUT2D eigenvalue weighted by molar-refractivity contribution is 9.10. The van der Waals surface area contributed by atoms with Crippen LogP contribution in [0.4, 0.5) is 5.69 Å². The summed E-state index contributed by atoms with van der Waals surface area (Å²) in [5.74, 6) is -1.94. The molecule has 7 heteroatoms. The molecule has 1 amide bonds. The Labute approximate surface area is 133 Å². The number of phenols is 1. The number of nitrogens with one attached hydrogen (secondary N) is 1. The number of aromatic hydroxyl groups is 1. The predicted octanol–water partition coefficient (Wildman–Crippen LogP) is 3.76. The molecule has 2 aromatic carbocycles. The summed E-state index contributed by atoms with van der Waals surface area (Å²) in [6.45, 7) is 0. The lowest BCUT2D eigenvalue weighted by atomic mass is 10.1. The van der Waals surface area contributed by atoms with E-state index in [4.69, 9.17) is 16.7 Å². The third-order valence-corrected chi connectivity index (χ3v) is 3.59. The quantitative estimate of drug-likeness (QED) is 0.768. The van der Waals surface area contributed by atoms with Crippen LogP contribution < -0.4 is 5.32 Å². The fourth-order valence-electron chi connectivity index (χ4n) is 1.66. The maximum absolute atomic E-state index is 12.0. The van der Waals surface area contributed by atoms with Crippen LogP contribution in [0.2, 0.25) is 5.02 Å². The molecule has 0 aliphatic carbocycles. The summed E-state index contributed by atoms with van der Waals surface area (Å²) in [4.78, 5) is 23.1. The van der Waals surface area contributed by atoms with E-state index in [1.807, 2.05) is 0 Å². The zero-order chi connectivity index (χ0) is 15.6. The van der Waals surface area contributed by atoms with Gasteiger partial charge in [-0.05, 0) is 52.3 Å². The van der Waals surface area contributed by atoms with Crippen molar-refractivity contribution in [3.8, 4) is 5.75 Å². The van der Waals surface area contributed by atoms with Crippen molar-refractivity contribution in [2.24, 2.45) is 0 Å². The van der Waals surface area contributed by atoms with Crippen LogP contribution in [0.5, 0.6) is 5.75 Å². The molecule has 0 fully saturated rings. The first kappa shape index (κ1) is 15.3. The molecule has 3 N–H and O–H groups in total. The van der Waals surface area contributed by atoms with E-state index in [-0.39, 0.29) is 16.9 Å². The normalized spacial score (nSPS) is 10.2. The Balaban J connectivity index is 2.27. The molecule has 2 aromatic rings. The molecule has 0 unspecified atom stereocenters. The van der Waals surface area contributed by atoms with Crippen molar-refractivity contribution in [3.05, 3.63) is 57.0 Å². The molecule has 0 aromatic heterocycles.